The third kappa shape index (κ3) is 3.52. The molecule has 1 saturated heterocycles. The van der Waals surface area contributed by atoms with Gasteiger partial charge in [-0.3, -0.25) is 4.90 Å². The molecule has 0 radical (unpaired) electrons. The van der Waals surface area contributed by atoms with Crippen molar-refractivity contribution >= 4 is 11.3 Å². The molecule has 1 aromatic rings. The number of nitrogens with zero attached hydrogens (tertiary/aromatic N) is 2. The Bertz CT molecular complexity index is 325. The fourth-order valence-corrected chi connectivity index (χ4v) is 3.03. The molecule has 1 N–H and O–H groups in total. The molecule has 1 aromatic heterocycles. The van der Waals surface area contributed by atoms with Crippen LogP contribution in [0.25, 0.3) is 0 Å². The molecule has 96 valence electrons. The summed E-state index contributed by atoms with van der Waals surface area (Å²) in [6, 6.07) is 5.43. The van der Waals surface area contributed by atoms with Crippen LogP contribution in [0.1, 0.15) is 17.8 Å². The van der Waals surface area contributed by atoms with E-state index in [-0.39, 0.29) is 0 Å². The molecule has 3 nitrogen and oxygen atoms in total. The van der Waals surface area contributed by atoms with E-state index in [0.29, 0.717) is 12.1 Å². The van der Waals surface area contributed by atoms with Gasteiger partial charge in [-0.15, -0.1) is 11.3 Å². The van der Waals surface area contributed by atoms with Gasteiger partial charge >= 0.3 is 0 Å². The smallest absolute Gasteiger partial charge is 0.0386 e. The molecule has 2 unspecified atom stereocenters. The van der Waals surface area contributed by atoms with Crippen LogP contribution in [0.5, 0.6) is 0 Å². The van der Waals surface area contributed by atoms with Gasteiger partial charge in [0.1, 0.15) is 0 Å². The Morgan fingerprint density at radius 3 is 3.00 bits per heavy atom. The fourth-order valence-electron chi connectivity index (χ4n) is 2.27. The van der Waals surface area contributed by atoms with E-state index in [1.807, 2.05) is 11.3 Å². The van der Waals surface area contributed by atoms with Crippen molar-refractivity contribution in [1.82, 2.24) is 15.1 Å². The van der Waals surface area contributed by atoms with Gasteiger partial charge in [0.2, 0.25) is 0 Å². The summed E-state index contributed by atoms with van der Waals surface area (Å²) in [7, 11) is 4.44. The molecule has 0 bridgehead atoms. The Kier molecular flexibility index (Phi) is 4.56. The van der Waals surface area contributed by atoms with E-state index in [2.05, 4.69) is 53.6 Å². The summed E-state index contributed by atoms with van der Waals surface area (Å²) in [6.07, 6.45) is 0. The maximum absolute atomic E-state index is 3.65. The highest BCUT2D eigenvalue weighted by atomic mass is 32.1. The first kappa shape index (κ1) is 13.0. The molecule has 1 fully saturated rings. The Balaban J connectivity index is 1.81. The molecule has 2 rings (SSSR count). The van der Waals surface area contributed by atoms with Crippen LogP contribution >= 0.6 is 11.3 Å². The predicted octanol–water partition coefficient (Wildman–Crippen LogP) is 1.64. The predicted molar refractivity (Wildman–Crippen MR) is 74.7 cm³/mol. The second-order valence-electron chi connectivity index (χ2n) is 5.04. The van der Waals surface area contributed by atoms with Crippen LogP contribution < -0.4 is 5.32 Å². The molecule has 4 heteroatoms. The number of likely N-dealkylation sites (N-methyl/N-ethyl adjacent to an activating group) is 2. The highest BCUT2D eigenvalue weighted by molar-refractivity contribution is 7.10. The molecule has 1 aliphatic heterocycles. The Labute approximate surface area is 108 Å². The van der Waals surface area contributed by atoms with Crippen LogP contribution in [0.2, 0.25) is 0 Å². The molecule has 0 aliphatic carbocycles. The third-order valence-electron chi connectivity index (χ3n) is 3.61. The van der Waals surface area contributed by atoms with Crippen LogP contribution in [0, 0.1) is 0 Å². The van der Waals surface area contributed by atoms with E-state index in [4.69, 9.17) is 0 Å². The molecule has 17 heavy (non-hydrogen) atoms. The van der Waals surface area contributed by atoms with E-state index < -0.39 is 0 Å². The largest absolute Gasteiger partial charge is 0.308 e. The van der Waals surface area contributed by atoms with Gasteiger partial charge < -0.3 is 10.2 Å². The zero-order valence-electron chi connectivity index (χ0n) is 11.0. The average Bonchev–Trinajstić information content (AvgIpc) is 2.83. The number of thiophene rings is 1. The maximum atomic E-state index is 3.65. The van der Waals surface area contributed by atoms with Gasteiger partial charge in [-0.25, -0.2) is 0 Å². The minimum atomic E-state index is 0.468. The number of piperazine rings is 1. The molecule has 0 spiro atoms. The zero-order valence-corrected chi connectivity index (χ0v) is 11.8. The van der Waals surface area contributed by atoms with Crippen LogP contribution in [0.3, 0.4) is 0 Å². The van der Waals surface area contributed by atoms with Crippen molar-refractivity contribution in [3.63, 3.8) is 0 Å². The topological polar surface area (TPSA) is 18.5 Å². The minimum absolute atomic E-state index is 0.468. The first-order valence-electron chi connectivity index (χ1n) is 6.32. The van der Waals surface area contributed by atoms with Crippen molar-refractivity contribution in [1.29, 1.82) is 0 Å². The van der Waals surface area contributed by atoms with Crippen LogP contribution in [0.4, 0.5) is 0 Å². The molecule has 0 aromatic carbocycles. The lowest BCUT2D eigenvalue weighted by Crippen LogP contribution is -2.53. The lowest BCUT2D eigenvalue weighted by molar-refractivity contribution is 0.112. The van der Waals surface area contributed by atoms with Crippen molar-refractivity contribution < 1.29 is 0 Å². The zero-order chi connectivity index (χ0) is 12.3. The second kappa shape index (κ2) is 5.96. The summed E-state index contributed by atoms with van der Waals surface area (Å²) in [6.45, 7) is 6.85. The molecule has 2 atom stereocenters. The number of hydrogen-bond acceptors (Lipinski definition) is 4. The summed E-state index contributed by atoms with van der Waals surface area (Å²) in [5.41, 5.74) is 0. The lowest BCUT2D eigenvalue weighted by atomic mass is 10.1. The molecular formula is C13H23N3S. The lowest BCUT2D eigenvalue weighted by Gasteiger charge is -2.38. The van der Waals surface area contributed by atoms with Crippen molar-refractivity contribution in [3.05, 3.63) is 22.4 Å². The average molecular weight is 253 g/mol. The van der Waals surface area contributed by atoms with Crippen LogP contribution in [0.15, 0.2) is 17.5 Å². The van der Waals surface area contributed by atoms with Crippen LogP contribution in [-0.4, -0.2) is 56.1 Å². The first-order chi connectivity index (χ1) is 8.16. The summed E-state index contributed by atoms with van der Waals surface area (Å²) in [5, 5.41) is 5.79. The Morgan fingerprint density at radius 2 is 2.29 bits per heavy atom. The molecule has 1 aliphatic rings. The summed E-state index contributed by atoms with van der Waals surface area (Å²) < 4.78 is 0. The summed E-state index contributed by atoms with van der Waals surface area (Å²) in [5.74, 6) is 0. The van der Waals surface area contributed by atoms with Gasteiger partial charge in [-0.05, 0) is 32.5 Å². The van der Waals surface area contributed by atoms with Crippen molar-refractivity contribution in [2.24, 2.45) is 0 Å². The molecular weight excluding hydrogens is 230 g/mol. The van der Waals surface area contributed by atoms with E-state index >= 15 is 0 Å². The Hall–Kier alpha value is -0.420. The van der Waals surface area contributed by atoms with Crippen molar-refractivity contribution in [2.75, 3.05) is 40.3 Å². The molecule has 0 saturated carbocycles. The van der Waals surface area contributed by atoms with Gasteiger partial charge in [0.25, 0.3) is 0 Å². The molecule has 2 heterocycles. The van der Waals surface area contributed by atoms with E-state index in [1.54, 1.807) is 0 Å². The van der Waals surface area contributed by atoms with E-state index in [1.165, 1.54) is 24.5 Å². The van der Waals surface area contributed by atoms with Crippen molar-refractivity contribution in [2.45, 2.75) is 19.0 Å². The maximum Gasteiger partial charge on any atom is 0.0386 e. The SMILES string of the molecule is CC(NCC1CN(C)CCN1C)c1cccs1. The van der Waals surface area contributed by atoms with Gasteiger partial charge in [-0.2, -0.15) is 0 Å². The highest BCUT2D eigenvalue weighted by Gasteiger charge is 2.22. The first-order valence-corrected chi connectivity index (χ1v) is 7.20. The van der Waals surface area contributed by atoms with Crippen LogP contribution in [-0.2, 0) is 0 Å². The standard InChI is InChI=1S/C13H23N3S/c1-11(13-5-4-8-17-13)14-9-12-10-15(2)6-7-16(12)3/h4-5,8,11-12,14H,6-7,9-10H2,1-3H3. The van der Waals surface area contributed by atoms with E-state index in [9.17, 15) is 0 Å². The van der Waals surface area contributed by atoms with Crippen molar-refractivity contribution in [3.8, 4) is 0 Å². The normalized spacial score (nSPS) is 25.0. The second-order valence-corrected chi connectivity index (χ2v) is 6.02. The fraction of sp³-hybridized carbons (Fsp3) is 0.692. The van der Waals surface area contributed by atoms with E-state index in [0.717, 1.165) is 6.54 Å². The van der Waals surface area contributed by atoms with Gasteiger partial charge in [0, 0.05) is 43.1 Å². The molecule has 0 amide bonds. The minimum Gasteiger partial charge on any atom is -0.308 e. The van der Waals surface area contributed by atoms with Gasteiger partial charge in [0.15, 0.2) is 0 Å². The quantitative estimate of drug-likeness (QED) is 0.880. The van der Waals surface area contributed by atoms with Gasteiger partial charge in [0.05, 0.1) is 0 Å². The number of nitrogens with one attached hydrogen (secondary N) is 1. The monoisotopic (exact) mass is 253 g/mol. The van der Waals surface area contributed by atoms with Gasteiger partial charge in [-0.1, -0.05) is 6.07 Å². The summed E-state index contributed by atoms with van der Waals surface area (Å²) in [4.78, 5) is 6.31. The Morgan fingerprint density at radius 1 is 1.47 bits per heavy atom. The third-order valence-corrected chi connectivity index (χ3v) is 4.66. The highest BCUT2D eigenvalue weighted by Crippen LogP contribution is 2.18. The number of rotatable bonds is 4. The summed E-state index contributed by atoms with van der Waals surface area (Å²) >= 11 is 1.83. The number of hydrogen-bond donors (Lipinski definition) is 1.